The average Bonchev–Trinajstić information content (AvgIpc) is 2.22. The molecule has 2 nitrogen and oxygen atoms in total. The van der Waals surface area contributed by atoms with Crippen LogP contribution in [0.3, 0.4) is 0 Å². The minimum Gasteiger partial charge on any atom is -0.233 e. The van der Waals surface area contributed by atoms with Crippen molar-refractivity contribution in [2.45, 2.75) is 78.4 Å². The Morgan fingerprint density at radius 3 is 1.29 bits per heavy atom. The minimum atomic E-state index is 0.283. The topological polar surface area (TPSA) is 18.5 Å². The Labute approximate surface area is 88.9 Å². The van der Waals surface area contributed by atoms with Crippen molar-refractivity contribution in [1.29, 1.82) is 0 Å². The summed E-state index contributed by atoms with van der Waals surface area (Å²) in [5.74, 6) is 0. The first-order valence-electron chi connectivity index (χ1n) is 6.10. The second-order valence-corrected chi connectivity index (χ2v) is 3.83. The molecule has 0 saturated heterocycles. The van der Waals surface area contributed by atoms with Gasteiger partial charge in [-0.3, -0.25) is 0 Å². The van der Waals surface area contributed by atoms with Gasteiger partial charge in [-0.15, -0.1) is 0 Å². The lowest BCUT2D eigenvalue weighted by Gasteiger charge is -2.19. The van der Waals surface area contributed by atoms with E-state index in [4.69, 9.17) is 9.78 Å². The maximum absolute atomic E-state index is 5.44. The lowest BCUT2D eigenvalue weighted by atomic mass is 10.1. The number of hydrogen-bond acceptors (Lipinski definition) is 2. The van der Waals surface area contributed by atoms with E-state index in [-0.39, 0.29) is 12.2 Å². The van der Waals surface area contributed by atoms with Crippen LogP contribution in [-0.4, -0.2) is 12.2 Å². The smallest absolute Gasteiger partial charge is 0.0927 e. The van der Waals surface area contributed by atoms with E-state index in [0.717, 1.165) is 38.5 Å². The zero-order chi connectivity index (χ0) is 10.8. The van der Waals surface area contributed by atoms with Crippen LogP contribution in [0.15, 0.2) is 0 Å². The quantitative estimate of drug-likeness (QED) is 0.414. The molecule has 0 aromatic rings. The van der Waals surface area contributed by atoms with Gasteiger partial charge in [-0.05, 0) is 25.7 Å². The Bertz CT molecular complexity index is 101. The van der Waals surface area contributed by atoms with Gasteiger partial charge in [0.05, 0.1) is 12.2 Å². The second kappa shape index (κ2) is 9.47. The maximum atomic E-state index is 5.44. The summed E-state index contributed by atoms with van der Waals surface area (Å²) < 4.78 is 0. The molecule has 2 atom stereocenters. The average molecular weight is 202 g/mol. The molecule has 0 N–H and O–H groups in total. The van der Waals surface area contributed by atoms with Crippen molar-refractivity contribution >= 4 is 0 Å². The van der Waals surface area contributed by atoms with Crippen molar-refractivity contribution in [1.82, 2.24) is 0 Å². The van der Waals surface area contributed by atoms with Crippen LogP contribution in [0.25, 0.3) is 0 Å². The van der Waals surface area contributed by atoms with Crippen LogP contribution in [0.5, 0.6) is 0 Å². The van der Waals surface area contributed by atoms with Gasteiger partial charge in [0, 0.05) is 0 Å². The number of rotatable bonds is 9. The summed E-state index contributed by atoms with van der Waals surface area (Å²) >= 11 is 0. The normalized spacial score (nSPS) is 15.4. The second-order valence-electron chi connectivity index (χ2n) is 3.83. The fourth-order valence-electron chi connectivity index (χ4n) is 1.44. The molecule has 0 radical (unpaired) electrons. The van der Waals surface area contributed by atoms with Gasteiger partial charge >= 0.3 is 0 Å². The Kier molecular flexibility index (Phi) is 9.42. The summed E-state index contributed by atoms with van der Waals surface area (Å²) in [5.41, 5.74) is 0. The highest BCUT2D eigenvalue weighted by molar-refractivity contribution is 4.53. The standard InChI is InChI=1S/C12H26O2/c1-5-9-11(7-3)13-14-12(8-4)10-6-2/h11-12H,5-10H2,1-4H3. The summed E-state index contributed by atoms with van der Waals surface area (Å²) in [4.78, 5) is 10.9. The molecule has 0 heterocycles. The molecule has 0 fully saturated rings. The first kappa shape index (κ1) is 13.9. The van der Waals surface area contributed by atoms with E-state index in [2.05, 4.69) is 27.7 Å². The largest absolute Gasteiger partial charge is 0.233 e. The van der Waals surface area contributed by atoms with Gasteiger partial charge in [0.2, 0.25) is 0 Å². The first-order chi connectivity index (χ1) is 6.78. The van der Waals surface area contributed by atoms with Crippen molar-refractivity contribution < 1.29 is 9.78 Å². The van der Waals surface area contributed by atoms with Crippen molar-refractivity contribution in [3.63, 3.8) is 0 Å². The molecule has 2 heteroatoms. The lowest BCUT2D eigenvalue weighted by Crippen LogP contribution is -2.18. The van der Waals surface area contributed by atoms with Gasteiger partial charge in [0.15, 0.2) is 0 Å². The lowest BCUT2D eigenvalue weighted by molar-refractivity contribution is -0.353. The molecule has 0 aromatic heterocycles. The molecule has 0 aliphatic rings. The molecular weight excluding hydrogens is 176 g/mol. The highest BCUT2D eigenvalue weighted by Gasteiger charge is 2.11. The van der Waals surface area contributed by atoms with E-state index in [0.29, 0.717) is 0 Å². The van der Waals surface area contributed by atoms with Crippen LogP contribution >= 0.6 is 0 Å². The van der Waals surface area contributed by atoms with Gasteiger partial charge in [-0.1, -0.05) is 40.5 Å². The van der Waals surface area contributed by atoms with Crippen LogP contribution in [-0.2, 0) is 9.78 Å². The molecule has 14 heavy (non-hydrogen) atoms. The third-order valence-electron chi connectivity index (χ3n) is 2.46. The van der Waals surface area contributed by atoms with Gasteiger partial charge in [0.25, 0.3) is 0 Å². The summed E-state index contributed by atoms with van der Waals surface area (Å²) in [5, 5.41) is 0. The third-order valence-corrected chi connectivity index (χ3v) is 2.46. The fraction of sp³-hybridized carbons (Fsp3) is 1.00. The highest BCUT2D eigenvalue weighted by atomic mass is 17.2. The molecule has 0 rings (SSSR count). The summed E-state index contributed by atoms with van der Waals surface area (Å²) in [7, 11) is 0. The SMILES string of the molecule is CCCC(CC)OOC(CC)CCC. The van der Waals surface area contributed by atoms with Crippen LogP contribution in [0.4, 0.5) is 0 Å². The van der Waals surface area contributed by atoms with E-state index in [1.807, 2.05) is 0 Å². The van der Waals surface area contributed by atoms with Gasteiger partial charge in [-0.2, -0.15) is 0 Å². The first-order valence-corrected chi connectivity index (χ1v) is 6.10. The monoisotopic (exact) mass is 202 g/mol. The molecule has 86 valence electrons. The summed E-state index contributed by atoms with van der Waals surface area (Å²) in [6.45, 7) is 8.64. The van der Waals surface area contributed by atoms with Gasteiger partial charge in [-0.25, -0.2) is 9.78 Å². The Morgan fingerprint density at radius 2 is 1.07 bits per heavy atom. The molecule has 0 bridgehead atoms. The fourth-order valence-corrected chi connectivity index (χ4v) is 1.44. The minimum absolute atomic E-state index is 0.283. The zero-order valence-corrected chi connectivity index (χ0v) is 10.2. The molecule has 2 unspecified atom stereocenters. The molecule has 0 aliphatic heterocycles. The molecule has 0 spiro atoms. The van der Waals surface area contributed by atoms with Crippen LogP contribution in [0, 0.1) is 0 Å². The van der Waals surface area contributed by atoms with E-state index >= 15 is 0 Å². The van der Waals surface area contributed by atoms with Crippen LogP contribution < -0.4 is 0 Å². The molecule has 0 amide bonds. The summed E-state index contributed by atoms with van der Waals surface area (Å²) in [6, 6.07) is 0. The van der Waals surface area contributed by atoms with E-state index < -0.39 is 0 Å². The molecular formula is C12H26O2. The van der Waals surface area contributed by atoms with Crippen molar-refractivity contribution in [2.75, 3.05) is 0 Å². The molecule has 0 saturated carbocycles. The zero-order valence-electron chi connectivity index (χ0n) is 10.2. The van der Waals surface area contributed by atoms with Crippen molar-refractivity contribution in [3.05, 3.63) is 0 Å². The maximum Gasteiger partial charge on any atom is 0.0927 e. The molecule has 0 aromatic carbocycles. The van der Waals surface area contributed by atoms with Crippen LogP contribution in [0.1, 0.15) is 66.2 Å². The Balaban J connectivity index is 3.63. The molecule has 0 aliphatic carbocycles. The summed E-state index contributed by atoms with van der Waals surface area (Å²) in [6.07, 6.45) is 7.15. The van der Waals surface area contributed by atoms with E-state index in [9.17, 15) is 0 Å². The van der Waals surface area contributed by atoms with Crippen molar-refractivity contribution in [2.24, 2.45) is 0 Å². The van der Waals surface area contributed by atoms with Gasteiger partial charge < -0.3 is 0 Å². The predicted octanol–water partition coefficient (Wildman–Crippen LogP) is 4.09. The van der Waals surface area contributed by atoms with Crippen molar-refractivity contribution in [3.8, 4) is 0 Å². The third kappa shape index (κ3) is 6.39. The Hall–Kier alpha value is -0.0800. The van der Waals surface area contributed by atoms with E-state index in [1.165, 1.54) is 0 Å². The highest BCUT2D eigenvalue weighted by Crippen LogP contribution is 2.12. The number of hydrogen-bond donors (Lipinski definition) is 0. The van der Waals surface area contributed by atoms with Crippen LogP contribution in [0.2, 0.25) is 0 Å². The van der Waals surface area contributed by atoms with E-state index in [1.54, 1.807) is 0 Å². The van der Waals surface area contributed by atoms with Gasteiger partial charge in [0.1, 0.15) is 0 Å². The Morgan fingerprint density at radius 1 is 0.714 bits per heavy atom. The predicted molar refractivity (Wildman–Crippen MR) is 60.1 cm³/mol.